The van der Waals surface area contributed by atoms with Gasteiger partial charge in [-0.1, -0.05) is 17.7 Å². The minimum Gasteiger partial charge on any atom is -0.494 e. The normalized spacial score (nSPS) is 15.8. The highest BCUT2D eigenvalue weighted by molar-refractivity contribution is 6.31. The summed E-state index contributed by atoms with van der Waals surface area (Å²) in [4.78, 5) is 15.6. The van der Waals surface area contributed by atoms with Gasteiger partial charge in [0, 0.05) is 38.1 Å². The van der Waals surface area contributed by atoms with E-state index in [0.717, 1.165) is 35.7 Å². The lowest BCUT2D eigenvalue weighted by atomic mass is 9.91. The van der Waals surface area contributed by atoms with Crippen LogP contribution in [0.15, 0.2) is 36.4 Å². The molecule has 7 heteroatoms. The molecule has 0 saturated heterocycles. The third-order valence-corrected chi connectivity index (χ3v) is 5.52. The summed E-state index contributed by atoms with van der Waals surface area (Å²) >= 11 is 6.08. The molecule has 1 aliphatic rings. The molecule has 0 aliphatic carbocycles. The van der Waals surface area contributed by atoms with Crippen LogP contribution in [0.1, 0.15) is 29.2 Å². The van der Waals surface area contributed by atoms with Crippen LogP contribution in [0, 0.1) is 6.92 Å². The topological polar surface area (TPSA) is 42.0 Å². The van der Waals surface area contributed by atoms with Gasteiger partial charge in [-0.3, -0.25) is 4.90 Å². The van der Waals surface area contributed by atoms with Crippen molar-refractivity contribution in [3.05, 3.63) is 58.1 Å². The number of halogens is 2. The van der Waals surface area contributed by atoms with E-state index in [1.165, 1.54) is 16.0 Å². The van der Waals surface area contributed by atoms with Gasteiger partial charge in [0.2, 0.25) is 0 Å². The van der Waals surface area contributed by atoms with E-state index >= 15 is 0 Å². The molecule has 1 atom stereocenters. The van der Waals surface area contributed by atoms with Crippen molar-refractivity contribution in [2.45, 2.75) is 25.8 Å². The molecule has 0 fully saturated rings. The highest BCUT2D eigenvalue weighted by Gasteiger charge is 2.25. The molecule has 2 aromatic rings. The van der Waals surface area contributed by atoms with Gasteiger partial charge in [-0.2, -0.15) is 0 Å². The minimum atomic E-state index is -0.365. The molecule has 0 N–H and O–H groups in total. The van der Waals surface area contributed by atoms with E-state index in [1.54, 1.807) is 14.1 Å². The maximum absolute atomic E-state index is 11.8. The van der Waals surface area contributed by atoms with E-state index in [1.807, 2.05) is 37.3 Å². The van der Waals surface area contributed by atoms with Crippen LogP contribution < -0.4 is 9.47 Å². The van der Waals surface area contributed by atoms with Gasteiger partial charge >= 0.3 is 6.09 Å². The molecule has 0 unspecified atom stereocenters. The van der Waals surface area contributed by atoms with Crippen molar-refractivity contribution >= 4 is 30.1 Å². The van der Waals surface area contributed by atoms with E-state index < -0.39 is 0 Å². The molecule has 1 amide bonds. The monoisotopic (exact) mass is 438 g/mol. The Kier molecular flexibility index (Phi) is 8.20. The number of aryl methyl sites for hydroxylation is 1. The average Bonchev–Trinajstić information content (AvgIpc) is 2.66. The first-order chi connectivity index (χ1) is 13.3. The molecule has 0 saturated carbocycles. The Bertz CT molecular complexity index is 858. The number of hydrogen-bond acceptors (Lipinski definition) is 4. The molecular formula is C22H28Cl2N2O3. The van der Waals surface area contributed by atoms with Crippen LogP contribution in [0.5, 0.6) is 11.5 Å². The van der Waals surface area contributed by atoms with Crippen LogP contribution in [0.2, 0.25) is 5.02 Å². The van der Waals surface area contributed by atoms with Gasteiger partial charge in [0.1, 0.15) is 11.5 Å². The second-order valence-electron chi connectivity index (χ2n) is 7.42. The van der Waals surface area contributed by atoms with E-state index in [4.69, 9.17) is 21.1 Å². The zero-order valence-corrected chi connectivity index (χ0v) is 18.8. The number of likely N-dealkylation sites (N-methyl/N-ethyl adjacent to an activating group) is 1. The standard InChI is InChI=1S/C22H27ClN2O3.ClH/c1-15-13-17(6-8-20(15)23)27-12-10-21-19-7-5-18(28-22(26)24(2)3)14-16(19)9-11-25(21)4;/h5-8,13-14,21H,9-12H2,1-4H3;1H/t21-;/m1./s1. The first-order valence-electron chi connectivity index (χ1n) is 9.46. The summed E-state index contributed by atoms with van der Waals surface area (Å²) in [5.41, 5.74) is 3.52. The molecule has 29 heavy (non-hydrogen) atoms. The van der Waals surface area contributed by atoms with E-state index in [0.29, 0.717) is 12.4 Å². The van der Waals surface area contributed by atoms with Crippen molar-refractivity contribution in [3.8, 4) is 11.5 Å². The van der Waals surface area contributed by atoms with Crippen molar-refractivity contribution in [3.63, 3.8) is 0 Å². The predicted octanol–water partition coefficient (Wildman–Crippen LogP) is 5.13. The number of amides is 1. The van der Waals surface area contributed by atoms with Crippen LogP contribution in [-0.4, -0.2) is 50.2 Å². The van der Waals surface area contributed by atoms with E-state index in [9.17, 15) is 4.79 Å². The molecule has 158 valence electrons. The van der Waals surface area contributed by atoms with Crippen LogP contribution in [0.25, 0.3) is 0 Å². The molecule has 3 rings (SSSR count). The lowest BCUT2D eigenvalue weighted by Crippen LogP contribution is -2.33. The Morgan fingerprint density at radius 2 is 1.93 bits per heavy atom. The highest BCUT2D eigenvalue weighted by Crippen LogP contribution is 2.33. The van der Waals surface area contributed by atoms with Crippen LogP contribution in [-0.2, 0) is 6.42 Å². The Labute approximate surface area is 183 Å². The first kappa shape index (κ1) is 23.3. The Hall–Kier alpha value is -1.95. The van der Waals surface area contributed by atoms with Crippen molar-refractivity contribution < 1.29 is 14.3 Å². The van der Waals surface area contributed by atoms with Gasteiger partial charge < -0.3 is 14.4 Å². The molecule has 0 aromatic heterocycles. The lowest BCUT2D eigenvalue weighted by Gasteiger charge is -2.34. The Morgan fingerprint density at radius 1 is 1.21 bits per heavy atom. The highest BCUT2D eigenvalue weighted by atomic mass is 35.5. The van der Waals surface area contributed by atoms with E-state index in [-0.39, 0.29) is 24.5 Å². The number of carbonyl (C=O) groups is 1. The molecule has 1 heterocycles. The maximum atomic E-state index is 11.8. The lowest BCUT2D eigenvalue weighted by molar-refractivity contribution is 0.171. The molecular weight excluding hydrogens is 411 g/mol. The fraction of sp³-hybridized carbons (Fsp3) is 0.409. The van der Waals surface area contributed by atoms with Crippen LogP contribution in [0.3, 0.4) is 0 Å². The first-order valence-corrected chi connectivity index (χ1v) is 9.84. The third-order valence-electron chi connectivity index (χ3n) is 5.10. The van der Waals surface area contributed by atoms with Crippen molar-refractivity contribution in [2.75, 3.05) is 34.3 Å². The van der Waals surface area contributed by atoms with Gasteiger partial charge in [0.25, 0.3) is 0 Å². The number of benzene rings is 2. The zero-order chi connectivity index (χ0) is 20.3. The summed E-state index contributed by atoms with van der Waals surface area (Å²) in [6.45, 7) is 3.55. The average molecular weight is 439 g/mol. The Balaban J connectivity index is 0.00000300. The summed E-state index contributed by atoms with van der Waals surface area (Å²) in [7, 11) is 5.49. The van der Waals surface area contributed by atoms with Crippen molar-refractivity contribution in [1.82, 2.24) is 9.80 Å². The van der Waals surface area contributed by atoms with Crippen LogP contribution in [0.4, 0.5) is 4.79 Å². The van der Waals surface area contributed by atoms with Crippen molar-refractivity contribution in [2.24, 2.45) is 0 Å². The summed E-state index contributed by atoms with van der Waals surface area (Å²) in [5.74, 6) is 1.43. The van der Waals surface area contributed by atoms with Gasteiger partial charge in [-0.05, 0) is 67.4 Å². The second kappa shape index (κ2) is 10.2. The smallest absolute Gasteiger partial charge is 0.414 e. The number of rotatable bonds is 5. The maximum Gasteiger partial charge on any atom is 0.414 e. The summed E-state index contributed by atoms with van der Waals surface area (Å²) in [6.07, 6.45) is 1.45. The number of fused-ring (bicyclic) bond motifs is 1. The number of hydrogen-bond donors (Lipinski definition) is 0. The molecule has 5 nitrogen and oxygen atoms in total. The fourth-order valence-corrected chi connectivity index (χ4v) is 3.56. The number of ether oxygens (including phenoxy) is 2. The van der Waals surface area contributed by atoms with Gasteiger partial charge in [-0.15, -0.1) is 12.4 Å². The minimum absolute atomic E-state index is 0. The summed E-state index contributed by atoms with van der Waals surface area (Å²) in [5, 5.41) is 0.749. The molecule has 0 bridgehead atoms. The summed E-state index contributed by atoms with van der Waals surface area (Å²) < 4.78 is 11.4. The summed E-state index contributed by atoms with van der Waals surface area (Å²) in [6, 6.07) is 11.9. The molecule has 2 aromatic carbocycles. The third kappa shape index (κ3) is 5.78. The number of nitrogens with zero attached hydrogens (tertiary/aromatic N) is 2. The number of carbonyl (C=O) groups excluding carboxylic acids is 1. The quantitative estimate of drug-likeness (QED) is 0.648. The molecule has 0 radical (unpaired) electrons. The predicted molar refractivity (Wildman–Crippen MR) is 119 cm³/mol. The second-order valence-corrected chi connectivity index (χ2v) is 7.82. The van der Waals surface area contributed by atoms with Gasteiger partial charge in [0.15, 0.2) is 0 Å². The molecule has 0 spiro atoms. The van der Waals surface area contributed by atoms with Crippen LogP contribution >= 0.6 is 24.0 Å². The largest absolute Gasteiger partial charge is 0.494 e. The zero-order valence-electron chi connectivity index (χ0n) is 17.3. The SMILES string of the molecule is Cc1cc(OCC[C@@H]2c3ccc(OC(=O)N(C)C)cc3CCN2C)ccc1Cl.Cl. The molecule has 1 aliphatic heterocycles. The Morgan fingerprint density at radius 3 is 2.62 bits per heavy atom. The van der Waals surface area contributed by atoms with E-state index in [2.05, 4.69) is 18.0 Å². The van der Waals surface area contributed by atoms with Gasteiger partial charge in [-0.25, -0.2) is 4.79 Å². The fourth-order valence-electron chi connectivity index (χ4n) is 3.44. The van der Waals surface area contributed by atoms with Gasteiger partial charge in [0.05, 0.1) is 6.61 Å². The van der Waals surface area contributed by atoms with Crippen molar-refractivity contribution in [1.29, 1.82) is 0 Å².